The standard InChI is InChI=1S/C16H22/c1-4-15-10-9-14(8-7-13-5-6-13)11-16(15)12(2)3/h9-11,13H,2,4-8H2,1,3H3. The lowest BCUT2D eigenvalue weighted by Crippen LogP contribution is -1.94. The first kappa shape index (κ1) is 11.4. The van der Waals surface area contributed by atoms with Crippen molar-refractivity contribution >= 4 is 5.57 Å². The lowest BCUT2D eigenvalue weighted by atomic mass is 9.95. The van der Waals surface area contributed by atoms with Crippen molar-refractivity contribution in [2.75, 3.05) is 0 Å². The maximum absolute atomic E-state index is 4.08. The van der Waals surface area contributed by atoms with Crippen LogP contribution in [0.25, 0.3) is 5.57 Å². The summed E-state index contributed by atoms with van der Waals surface area (Å²) in [6.45, 7) is 8.41. The molecule has 0 spiro atoms. The Morgan fingerprint density at radius 1 is 1.38 bits per heavy atom. The topological polar surface area (TPSA) is 0 Å². The zero-order valence-electron chi connectivity index (χ0n) is 10.6. The molecule has 0 N–H and O–H groups in total. The summed E-state index contributed by atoms with van der Waals surface area (Å²) in [6.07, 6.45) is 6.64. The highest BCUT2D eigenvalue weighted by Gasteiger charge is 2.20. The van der Waals surface area contributed by atoms with Crippen molar-refractivity contribution in [2.45, 2.75) is 46.0 Å². The third-order valence-electron chi connectivity index (χ3n) is 3.55. The molecule has 1 aliphatic carbocycles. The molecule has 0 heterocycles. The van der Waals surface area contributed by atoms with Crippen LogP contribution in [0.1, 0.15) is 49.8 Å². The van der Waals surface area contributed by atoms with Crippen LogP contribution in [0.15, 0.2) is 24.8 Å². The normalized spacial score (nSPS) is 15.1. The molecule has 0 aliphatic heterocycles. The first-order chi connectivity index (χ1) is 7.70. The largest absolute Gasteiger partial charge is 0.0955 e. The number of aryl methyl sites for hydroxylation is 2. The van der Waals surface area contributed by atoms with Gasteiger partial charge in [0.05, 0.1) is 0 Å². The van der Waals surface area contributed by atoms with E-state index < -0.39 is 0 Å². The van der Waals surface area contributed by atoms with Crippen molar-refractivity contribution in [1.82, 2.24) is 0 Å². The first-order valence-electron chi connectivity index (χ1n) is 6.48. The Hall–Kier alpha value is -1.04. The number of benzene rings is 1. The van der Waals surface area contributed by atoms with E-state index in [0.29, 0.717) is 0 Å². The SMILES string of the molecule is C=C(C)c1cc(CCC2CC2)ccc1CC. The smallest absolute Gasteiger partial charge is 0.0198 e. The van der Waals surface area contributed by atoms with Crippen LogP contribution in [-0.2, 0) is 12.8 Å². The molecule has 1 aliphatic rings. The Morgan fingerprint density at radius 3 is 2.69 bits per heavy atom. The minimum Gasteiger partial charge on any atom is -0.0955 e. The maximum Gasteiger partial charge on any atom is -0.0198 e. The molecule has 0 aromatic heterocycles. The molecule has 0 bridgehead atoms. The van der Waals surface area contributed by atoms with E-state index in [1.54, 1.807) is 0 Å². The highest BCUT2D eigenvalue weighted by Crippen LogP contribution is 2.33. The average Bonchev–Trinajstić information content (AvgIpc) is 3.09. The first-order valence-corrected chi connectivity index (χ1v) is 6.48. The summed E-state index contributed by atoms with van der Waals surface area (Å²) in [4.78, 5) is 0. The van der Waals surface area contributed by atoms with E-state index in [0.717, 1.165) is 12.3 Å². The molecule has 0 unspecified atom stereocenters. The molecule has 0 amide bonds. The summed E-state index contributed by atoms with van der Waals surface area (Å²) >= 11 is 0. The monoisotopic (exact) mass is 214 g/mol. The summed E-state index contributed by atoms with van der Waals surface area (Å²) in [7, 11) is 0. The Kier molecular flexibility index (Phi) is 3.48. The van der Waals surface area contributed by atoms with Crippen molar-refractivity contribution in [3.63, 3.8) is 0 Å². The predicted octanol–water partition coefficient (Wildman–Crippen LogP) is 4.62. The van der Waals surface area contributed by atoms with E-state index in [9.17, 15) is 0 Å². The van der Waals surface area contributed by atoms with E-state index in [1.165, 1.54) is 47.9 Å². The minimum atomic E-state index is 1.03. The van der Waals surface area contributed by atoms with Gasteiger partial charge in [0.1, 0.15) is 0 Å². The fourth-order valence-electron chi connectivity index (χ4n) is 2.26. The van der Waals surface area contributed by atoms with Gasteiger partial charge in [0.25, 0.3) is 0 Å². The highest BCUT2D eigenvalue weighted by atomic mass is 14.3. The Labute approximate surface area is 99.4 Å². The molecule has 86 valence electrons. The Morgan fingerprint density at radius 2 is 2.12 bits per heavy atom. The van der Waals surface area contributed by atoms with E-state index in [2.05, 4.69) is 38.6 Å². The highest BCUT2D eigenvalue weighted by molar-refractivity contribution is 5.65. The molecule has 0 atom stereocenters. The van der Waals surface area contributed by atoms with Gasteiger partial charge in [0, 0.05) is 0 Å². The van der Waals surface area contributed by atoms with Crippen molar-refractivity contribution in [3.8, 4) is 0 Å². The third kappa shape index (κ3) is 2.75. The van der Waals surface area contributed by atoms with E-state index in [1.807, 2.05) is 0 Å². The maximum atomic E-state index is 4.08. The van der Waals surface area contributed by atoms with Gasteiger partial charge in [-0.1, -0.05) is 50.1 Å². The molecule has 0 radical (unpaired) electrons. The van der Waals surface area contributed by atoms with Crippen molar-refractivity contribution in [3.05, 3.63) is 41.5 Å². The number of hydrogen-bond donors (Lipinski definition) is 0. The fourth-order valence-corrected chi connectivity index (χ4v) is 2.26. The van der Waals surface area contributed by atoms with E-state index >= 15 is 0 Å². The molecule has 1 aromatic carbocycles. The van der Waals surface area contributed by atoms with Crippen LogP contribution < -0.4 is 0 Å². The van der Waals surface area contributed by atoms with Crippen LogP contribution >= 0.6 is 0 Å². The Balaban J connectivity index is 2.13. The molecular weight excluding hydrogens is 192 g/mol. The molecule has 0 heteroatoms. The fraction of sp³-hybridized carbons (Fsp3) is 0.500. The molecule has 16 heavy (non-hydrogen) atoms. The summed E-state index contributed by atoms with van der Waals surface area (Å²) in [6, 6.07) is 6.93. The van der Waals surface area contributed by atoms with Crippen LogP contribution in [-0.4, -0.2) is 0 Å². The second-order valence-electron chi connectivity index (χ2n) is 5.11. The van der Waals surface area contributed by atoms with Gasteiger partial charge in [0.2, 0.25) is 0 Å². The van der Waals surface area contributed by atoms with E-state index in [-0.39, 0.29) is 0 Å². The molecule has 1 aromatic rings. The van der Waals surface area contributed by atoms with Gasteiger partial charge in [0.15, 0.2) is 0 Å². The van der Waals surface area contributed by atoms with Crippen LogP contribution in [0, 0.1) is 5.92 Å². The summed E-state index contributed by atoms with van der Waals surface area (Å²) < 4.78 is 0. The van der Waals surface area contributed by atoms with Gasteiger partial charge in [-0.2, -0.15) is 0 Å². The minimum absolute atomic E-state index is 1.03. The molecule has 1 fully saturated rings. The second-order valence-corrected chi connectivity index (χ2v) is 5.11. The molecule has 0 nitrogen and oxygen atoms in total. The van der Waals surface area contributed by atoms with Crippen molar-refractivity contribution in [1.29, 1.82) is 0 Å². The number of hydrogen-bond acceptors (Lipinski definition) is 0. The van der Waals surface area contributed by atoms with Crippen LogP contribution in [0.3, 0.4) is 0 Å². The van der Waals surface area contributed by atoms with Crippen LogP contribution in [0.2, 0.25) is 0 Å². The van der Waals surface area contributed by atoms with Gasteiger partial charge in [-0.05, 0) is 48.8 Å². The summed E-state index contributed by atoms with van der Waals surface area (Å²) in [5.74, 6) is 1.03. The summed E-state index contributed by atoms with van der Waals surface area (Å²) in [5, 5.41) is 0. The average molecular weight is 214 g/mol. The van der Waals surface area contributed by atoms with E-state index in [4.69, 9.17) is 0 Å². The van der Waals surface area contributed by atoms with Crippen molar-refractivity contribution < 1.29 is 0 Å². The van der Waals surface area contributed by atoms with Gasteiger partial charge in [-0.15, -0.1) is 0 Å². The lowest BCUT2D eigenvalue weighted by molar-refractivity contribution is 0.726. The zero-order chi connectivity index (χ0) is 11.5. The molecule has 0 saturated heterocycles. The number of rotatable bonds is 5. The Bertz CT molecular complexity index is 383. The molecular formula is C16H22. The van der Waals surface area contributed by atoms with Gasteiger partial charge < -0.3 is 0 Å². The predicted molar refractivity (Wildman–Crippen MR) is 71.6 cm³/mol. The third-order valence-corrected chi connectivity index (χ3v) is 3.55. The molecule has 1 saturated carbocycles. The molecule has 2 rings (SSSR count). The van der Waals surface area contributed by atoms with Crippen LogP contribution in [0.5, 0.6) is 0 Å². The van der Waals surface area contributed by atoms with Crippen LogP contribution in [0.4, 0.5) is 0 Å². The zero-order valence-corrected chi connectivity index (χ0v) is 10.6. The number of allylic oxidation sites excluding steroid dienone is 1. The van der Waals surface area contributed by atoms with Crippen molar-refractivity contribution in [2.24, 2.45) is 5.92 Å². The van der Waals surface area contributed by atoms with Gasteiger partial charge in [-0.25, -0.2) is 0 Å². The van der Waals surface area contributed by atoms with Gasteiger partial charge in [-0.3, -0.25) is 0 Å². The second kappa shape index (κ2) is 4.86. The quantitative estimate of drug-likeness (QED) is 0.670. The van der Waals surface area contributed by atoms with Gasteiger partial charge >= 0.3 is 0 Å². The lowest BCUT2D eigenvalue weighted by Gasteiger charge is -2.10. The summed E-state index contributed by atoms with van der Waals surface area (Å²) in [5.41, 5.74) is 5.49.